The monoisotopic (exact) mass is 430 g/mol. The highest BCUT2D eigenvalue weighted by Crippen LogP contribution is 2.42. The van der Waals surface area contributed by atoms with Crippen LogP contribution in [0.5, 0.6) is 5.75 Å². The van der Waals surface area contributed by atoms with Crippen LogP contribution in [0, 0.1) is 12.8 Å². The molecule has 0 saturated carbocycles. The van der Waals surface area contributed by atoms with Crippen LogP contribution in [0.1, 0.15) is 42.0 Å². The molecule has 3 aromatic carbocycles. The van der Waals surface area contributed by atoms with Gasteiger partial charge in [-0.2, -0.15) is 0 Å². The molecule has 32 heavy (non-hydrogen) atoms. The molecule has 5 nitrogen and oxygen atoms in total. The molecule has 5 heteroatoms. The summed E-state index contributed by atoms with van der Waals surface area (Å²) >= 11 is 0. The molecule has 0 unspecified atom stereocenters. The molecule has 4 rings (SSSR count). The van der Waals surface area contributed by atoms with Crippen molar-refractivity contribution < 1.29 is 23.8 Å². The van der Waals surface area contributed by atoms with Gasteiger partial charge in [-0.1, -0.05) is 72.8 Å². The molecule has 0 radical (unpaired) electrons. The molecule has 1 atom stereocenters. The van der Waals surface area contributed by atoms with Gasteiger partial charge in [0, 0.05) is 25.3 Å². The number of benzene rings is 3. The smallest absolute Gasteiger partial charge is 0.324 e. The van der Waals surface area contributed by atoms with E-state index in [2.05, 4.69) is 0 Å². The molecule has 1 aliphatic rings. The Labute approximate surface area is 187 Å². The van der Waals surface area contributed by atoms with Crippen molar-refractivity contribution in [3.05, 3.63) is 101 Å². The summed E-state index contributed by atoms with van der Waals surface area (Å²) in [5, 5.41) is 0. The zero-order valence-electron chi connectivity index (χ0n) is 18.4. The van der Waals surface area contributed by atoms with Crippen molar-refractivity contribution in [1.29, 1.82) is 0 Å². The zero-order valence-corrected chi connectivity index (χ0v) is 18.4. The summed E-state index contributed by atoms with van der Waals surface area (Å²) in [4.78, 5) is 26.1. The third-order valence-electron chi connectivity index (χ3n) is 5.55. The summed E-state index contributed by atoms with van der Waals surface area (Å²) in [5.41, 5.74) is 3.56. The van der Waals surface area contributed by atoms with Crippen LogP contribution in [-0.2, 0) is 25.7 Å². The maximum absolute atomic E-state index is 13.0. The van der Waals surface area contributed by atoms with Crippen LogP contribution in [0.4, 0.5) is 0 Å². The van der Waals surface area contributed by atoms with Gasteiger partial charge in [-0.15, -0.1) is 0 Å². The zero-order chi connectivity index (χ0) is 22.7. The van der Waals surface area contributed by atoms with Gasteiger partial charge in [0.2, 0.25) is 0 Å². The lowest BCUT2D eigenvalue weighted by Crippen LogP contribution is -2.48. The number of ether oxygens (including phenoxy) is 3. The number of carbonyl (C=O) groups excluding carboxylic acids is 2. The van der Waals surface area contributed by atoms with Gasteiger partial charge in [0.1, 0.15) is 12.4 Å². The predicted molar refractivity (Wildman–Crippen MR) is 120 cm³/mol. The number of cyclic esters (lactones) is 2. The van der Waals surface area contributed by atoms with Crippen LogP contribution in [-0.4, -0.2) is 17.7 Å². The van der Waals surface area contributed by atoms with Crippen molar-refractivity contribution in [3.63, 3.8) is 0 Å². The average Bonchev–Trinajstić information content (AvgIpc) is 2.76. The molecule has 0 aromatic heterocycles. The summed E-state index contributed by atoms with van der Waals surface area (Å²) in [6, 6.07) is 25.0. The number of hydrogen-bond donors (Lipinski definition) is 0. The Morgan fingerprint density at radius 2 is 1.38 bits per heavy atom. The molecular formula is C27H26O5. The van der Waals surface area contributed by atoms with Gasteiger partial charge in [-0.25, -0.2) is 0 Å². The molecule has 164 valence electrons. The van der Waals surface area contributed by atoms with E-state index in [4.69, 9.17) is 14.2 Å². The van der Waals surface area contributed by atoms with E-state index in [1.807, 2.05) is 85.8 Å². The van der Waals surface area contributed by atoms with Gasteiger partial charge in [0.25, 0.3) is 5.79 Å². The highest BCUT2D eigenvalue weighted by Gasteiger charge is 2.49. The molecule has 1 saturated heterocycles. The number of hydrogen-bond acceptors (Lipinski definition) is 5. The average molecular weight is 431 g/mol. The third-order valence-corrected chi connectivity index (χ3v) is 5.55. The molecule has 3 aromatic rings. The minimum absolute atomic E-state index is 0.366. The molecule has 0 spiro atoms. The normalized spacial score (nSPS) is 16.7. The van der Waals surface area contributed by atoms with Crippen LogP contribution < -0.4 is 4.74 Å². The van der Waals surface area contributed by atoms with E-state index in [9.17, 15) is 9.59 Å². The topological polar surface area (TPSA) is 61.8 Å². The lowest BCUT2D eigenvalue weighted by Gasteiger charge is -2.36. The molecule has 0 amide bonds. The van der Waals surface area contributed by atoms with Crippen LogP contribution in [0.3, 0.4) is 0 Å². The van der Waals surface area contributed by atoms with Crippen molar-refractivity contribution in [2.75, 3.05) is 0 Å². The first-order valence-corrected chi connectivity index (χ1v) is 10.6. The van der Waals surface area contributed by atoms with E-state index in [1.165, 1.54) is 0 Å². The minimum atomic E-state index is -1.29. The standard InChI is InChI=1S/C27H26O5/c1-18-11-7-8-14-20(18)23(24-25(28)31-27(2,3)32-26(24)29)21-15-9-10-16-22(21)30-17-19-12-5-4-6-13-19/h4-16,23-24H,17H2,1-3H3/t23-/m1/s1. The quantitative estimate of drug-likeness (QED) is 0.399. The van der Waals surface area contributed by atoms with E-state index in [0.717, 1.165) is 22.3 Å². The SMILES string of the molecule is Cc1ccccc1[C@H](c1ccccc1OCc1ccccc1)C1C(=O)OC(C)(C)OC1=O. The molecule has 1 aliphatic heterocycles. The van der Waals surface area contributed by atoms with Crippen molar-refractivity contribution in [1.82, 2.24) is 0 Å². The summed E-state index contributed by atoms with van der Waals surface area (Å²) in [6.07, 6.45) is 0. The largest absolute Gasteiger partial charge is 0.489 e. The molecule has 0 bridgehead atoms. The lowest BCUT2D eigenvalue weighted by molar-refractivity contribution is -0.240. The maximum atomic E-state index is 13.0. The van der Waals surface area contributed by atoms with Crippen molar-refractivity contribution in [3.8, 4) is 5.75 Å². The Hall–Kier alpha value is -3.60. The third kappa shape index (κ3) is 4.52. The molecule has 1 fully saturated rings. The van der Waals surface area contributed by atoms with Crippen molar-refractivity contribution >= 4 is 11.9 Å². The van der Waals surface area contributed by atoms with E-state index in [1.54, 1.807) is 13.8 Å². The first-order chi connectivity index (χ1) is 15.4. The Morgan fingerprint density at radius 3 is 2.03 bits per heavy atom. The van der Waals surface area contributed by atoms with Gasteiger partial charge in [-0.3, -0.25) is 9.59 Å². The Kier molecular flexibility index (Phi) is 5.99. The van der Waals surface area contributed by atoms with Crippen molar-refractivity contribution in [2.45, 2.75) is 39.1 Å². The Balaban J connectivity index is 1.77. The highest BCUT2D eigenvalue weighted by molar-refractivity contribution is 5.98. The first-order valence-electron chi connectivity index (χ1n) is 10.6. The van der Waals surface area contributed by atoms with Gasteiger partial charge >= 0.3 is 11.9 Å². The molecule has 0 aliphatic carbocycles. The highest BCUT2D eigenvalue weighted by atomic mass is 16.7. The van der Waals surface area contributed by atoms with Gasteiger partial charge in [-0.05, 0) is 29.7 Å². The minimum Gasteiger partial charge on any atom is -0.489 e. The molecule has 0 N–H and O–H groups in total. The number of rotatable bonds is 6. The van der Waals surface area contributed by atoms with Crippen LogP contribution in [0.25, 0.3) is 0 Å². The number of esters is 2. The van der Waals surface area contributed by atoms with Crippen molar-refractivity contribution in [2.24, 2.45) is 5.92 Å². The summed E-state index contributed by atoms with van der Waals surface area (Å²) in [7, 11) is 0. The fraction of sp³-hybridized carbons (Fsp3) is 0.259. The predicted octanol–water partition coefficient (Wildman–Crippen LogP) is 5.16. The fourth-order valence-corrected chi connectivity index (χ4v) is 4.07. The number of carbonyl (C=O) groups is 2. The summed E-state index contributed by atoms with van der Waals surface area (Å²) in [6.45, 7) is 5.43. The maximum Gasteiger partial charge on any atom is 0.324 e. The molecular weight excluding hydrogens is 404 g/mol. The van der Waals surface area contributed by atoms with Crippen LogP contribution in [0.2, 0.25) is 0 Å². The fourth-order valence-electron chi connectivity index (χ4n) is 4.07. The number of para-hydroxylation sites is 1. The van der Waals surface area contributed by atoms with E-state index in [-0.39, 0.29) is 0 Å². The molecule has 1 heterocycles. The van der Waals surface area contributed by atoms with Gasteiger partial charge in [0.05, 0.1) is 0 Å². The van der Waals surface area contributed by atoms with Crippen LogP contribution >= 0.6 is 0 Å². The van der Waals surface area contributed by atoms with Gasteiger partial charge in [0.15, 0.2) is 5.92 Å². The second kappa shape index (κ2) is 8.87. The lowest BCUT2D eigenvalue weighted by atomic mass is 9.78. The summed E-state index contributed by atoms with van der Waals surface area (Å²) in [5.74, 6) is -3.63. The van der Waals surface area contributed by atoms with E-state index in [0.29, 0.717) is 12.4 Å². The van der Waals surface area contributed by atoms with E-state index >= 15 is 0 Å². The second-order valence-electron chi connectivity index (χ2n) is 8.37. The van der Waals surface area contributed by atoms with Crippen LogP contribution in [0.15, 0.2) is 78.9 Å². The second-order valence-corrected chi connectivity index (χ2v) is 8.37. The van der Waals surface area contributed by atoms with Gasteiger partial charge < -0.3 is 14.2 Å². The van der Waals surface area contributed by atoms with E-state index < -0.39 is 29.6 Å². The Morgan fingerprint density at radius 1 is 0.812 bits per heavy atom. The first kappa shape index (κ1) is 21.6. The Bertz CT molecular complexity index is 1100. The summed E-state index contributed by atoms with van der Waals surface area (Å²) < 4.78 is 17.1. The number of aryl methyl sites for hydroxylation is 1.